The van der Waals surface area contributed by atoms with Crippen LogP contribution < -0.4 is 21.8 Å². The van der Waals surface area contributed by atoms with E-state index in [9.17, 15) is 48.3 Å². The molecule has 1 aliphatic heterocycles. The monoisotopic (exact) mass is 1000 g/mol. The molecule has 2 heterocycles. The van der Waals surface area contributed by atoms with Gasteiger partial charge >= 0.3 is 37.5 Å². The van der Waals surface area contributed by atoms with Crippen LogP contribution in [0.4, 0.5) is 0 Å². The average Bonchev–Trinajstić information content (AvgIpc) is 3.92. The Morgan fingerprint density at radius 3 is 1.96 bits per heavy atom. The van der Waals surface area contributed by atoms with Gasteiger partial charge in [0.2, 0.25) is 17.9 Å². The van der Waals surface area contributed by atoms with Crippen molar-refractivity contribution in [3.05, 3.63) is 29.7 Å². The van der Waals surface area contributed by atoms with Crippen molar-refractivity contribution in [3.8, 4) is 0 Å². The standard InChI is InChI=1S/C45H77N8O15P/c1-7-8-9-10-11-12-13-14-15-16-17-18-19-23-37(55)65-35(40-39(57)41(45(62)66-40)68-69(63,52(3)4)53(5)6)29-64-36(54)24-25-38(56)67-51-31(2)42(58)50-34(27-32-28-47-30-48-32)43(59)49-33(44(60)61)22-20-21-26-46/h28,30-31,33-35,40,51,57H,7-27,29,46H2,1-6H3,(H,47,48)(H,49,59)(H,50,58)(H,60,61). The Balaban J connectivity index is 1.98. The number of nitrogens with two attached hydrogens (primary N) is 1. The van der Waals surface area contributed by atoms with E-state index in [-0.39, 0.29) is 19.3 Å². The minimum atomic E-state index is -3.87. The molecule has 69 heavy (non-hydrogen) atoms. The number of nitrogens with one attached hydrogen (secondary N) is 4. The number of ether oxygens (including phenoxy) is 3. The molecule has 0 bridgehead atoms. The van der Waals surface area contributed by atoms with E-state index in [0.29, 0.717) is 31.5 Å². The summed E-state index contributed by atoms with van der Waals surface area (Å²) in [6, 6.07) is -3.72. The molecule has 8 N–H and O–H groups in total. The summed E-state index contributed by atoms with van der Waals surface area (Å²) >= 11 is 0. The lowest BCUT2D eigenvalue weighted by Gasteiger charge is -2.29. The van der Waals surface area contributed by atoms with Crippen LogP contribution in [0.1, 0.15) is 142 Å². The third-order valence-electron chi connectivity index (χ3n) is 11.1. The Labute approximate surface area is 405 Å². The lowest BCUT2D eigenvalue weighted by atomic mass is 10.0. The maximum absolute atomic E-state index is 13.5. The second-order valence-electron chi connectivity index (χ2n) is 17.4. The highest BCUT2D eigenvalue weighted by atomic mass is 31.2. The molecular formula is C45H77N8O15P. The van der Waals surface area contributed by atoms with Crippen LogP contribution in [0, 0.1) is 0 Å². The first-order valence-electron chi connectivity index (χ1n) is 23.9. The lowest BCUT2D eigenvalue weighted by molar-refractivity contribution is -0.171. The van der Waals surface area contributed by atoms with Crippen LogP contribution in [-0.4, -0.2) is 143 Å². The maximum Gasteiger partial charge on any atom is 0.395 e. The predicted octanol–water partition coefficient (Wildman–Crippen LogP) is 4.23. The first kappa shape index (κ1) is 60.0. The van der Waals surface area contributed by atoms with Crippen molar-refractivity contribution >= 4 is 49.3 Å². The summed E-state index contributed by atoms with van der Waals surface area (Å²) in [5, 5.41) is 25.7. The quantitative estimate of drug-likeness (QED) is 0.0160. The van der Waals surface area contributed by atoms with Gasteiger partial charge in [0.15, 0.2) is 11.9 Å². The smallest absolute Gasteiger partial charge is 0.395 e. The molecular weight excluding hydrogens is 924 g/mol. The second kappa shape index (κ2) is 32.7. The Kier molecular flexibility index (Phi) is 28.4. The molecule has 5 atom stereocenters. The van der Waals surface area contributed by atoms with Gasteiger partial charge in [0.25, 0.3) is 5.76 Å². The molecule has 0 aromatic carbocycles. The van der Waals surface area contributed by atoms with Gasteiger partial charge in [-0.1, -0.05) is 84.0 Å². The number of aromatic nitrogens is 2. The van der Waals surface area contributed by atoms with E-state index in [1.54, 1.807) is 0 Å². The molecule has 5 unspecified atom stereocenters. The van der Waals surface area contributed by atoms with E-state index in [4.69, 9.17) is 29.3 Å². The van der Waals surface area contributed by atoms with E-state index in [2.05, 4.69) is 33.0 Å². The number of nitrogens with zero attached hydrogens (tertiary/aromatic N) is 3. The molecule has 2 rings (SSSR count). The molecule has 0 saturated carbocycles. The molecule has 24 heteroatoms. The summed E-state index contributed by atoms with van der Waals surface area (Å²) in [7, 11) is 1.90. The number of hydroxylamine groups is 1. The van der Waals surface area contributed by atoms with E-state index < -0.39 is 111 Å². The highest BCUT2D eigenvalue weighted by molar-refractivity contribution is 7.54. The molecule has 1 aromatic heterocycles. The predicted molar refractivity (Wildman–Crippen MR) is 251 cm³/mol. The summed E-state index contributed by atoms with van der Waals surface area (Å²) in [5.41, 5.74) is 8.22. The SMILES string of the molecule is CCCCCCCCCCCCCCCC(=O)OC(COC(=O)CCC(=O)ONC(C)C(=O)NC(Cc1cnc[nH]1)C(=O)NC(CCCCN)C(=O)O)C1OC(=O)C(OP(=O)(N(C)C)N(C)C)=C1O. The highest BCUT2D eigenvalue weighted by Gasteiger charge is 2.47. The number of carboxylic acid groups (broad SMARTS) is 1. The van der Waals surface area contributed by atoms with Crippen molar-refractivity contribution in [2.75, 3.05) is 41.3 Å². The number of carbonyl (C=O) groups excluding carboxylic acids is 6. The van der Waals surface area contributed by atoms with Gasteiger partial charge in [0, 0.05) is 24.7 Å². The van der Waals surface area contributed by atoms with Crippen LogP contribution in [0.15, 0.2) is 24.0 Å². The fourth-order valence-electron chi connectivity index (χ4n) is 6.99. The highest BCUT2D eigenvalue weighted by Crippen LogP contribution is 2.53. The molecule has 0 aliphatic carbocycles. The molecule has 2 amide bonds. The minimum absolute atomic E-state index is 0.0125. The van der Waals surface area contributed by atoms with Crippen LogP contribution in [0.25, 0.3) is 0 Å². The second-order valence-corrected chi connectivity index (χ2v) is 20.1. The van der Waals surface area contributed by atoms with Crippen LogP contribution in [0.3, 0.4) is 0 Å². The fraction of sp³-hybridized carbons (Fsp3) is 0.733. The number of aliphatic hydroxyl groups excluding tert-OH is 1. The van der Waals surface area contributed by atoms with E-state index in [0.717, 1.165) is 25.7 Å². The van der Waals surface area contributed by atoms with Crippen molar-refractivity contribution in [1.82, 2.24) is 35.4 Å². The zero-order valence-corrected chi connectivity index (χ0v) is 42.1. The number of aromatic amines is 1. The van der Waals surface area contributed by atoms with Crippen LogP contribution in [-0.2, 0) is 68.1 Å². The minimum Gasteiger partial charge on any atom is -0.505 e. The zero-order valence-electron chi connectivity index (χ0n) is 41.2. The summed E-state index contributed by atoms with van der Waals surface area (Å²) in [6.07, 6.45) is 13.8. The summed E-state index contributed by atoms with van der Waals surface area (Å²) < 4.78 is 37.6. The molecule has 0 fully saturated rings. The number of hydrogen-bond donors (Lipinski definition) is 7. The Bertz CT molecular complexity index is 1840. The molecule has 1 aliphatic rings. The Morgan fingerprint density at radius 1 is 0.826 bits per heavy atom. The van der Waals surface area contributed by atoms with Crippen molar-refractivity contribution < 1.29 is 71.9 Å². The molecule has 0 spiro atoms. The normalized spacial score (nSPS) is 15.6. The van der Waals surface area contributed by atoms with Crippen molar-refractivity contribution in [2.24, 2.45) is 5.73 Å². The Morgan fingerprint density at radius 2 is 1.41 bits per heavy atom. The van der Waals surface area contributed by atoms with Gasteiger partial charge in [-0.15, -0.1) is 5.48 Å². The summed E-state index contributed by atoms with van der Waals surface area (Å²) in [6.45, 7) is 3.15. The molecule has 392 valence electrons. The average molecular weight is 1000 g/mol. The van der Waals surface area contributed by atoms with Gasteiger partial charge in [-0.05, 0) is 67.3 Å². The number of aliphatic carboxylic acids is 1. The van der Waals surface area contributed by atoms with Crippen LogP contribution in [0.2, 0.25) is 0 Å². The zero-order chi connectivity index (χ0) is 51.4. The first-order valence-corrected chi connectivity index (χ1v) is 25.5. The molecule has 0 saturated heterocycles. The Hall–Kier alpha value is -5.09. The number of unbranched alkanes of at least 4 members (excludes halogenated alkanes) is 13. The number of amides is 2. The van der Waals surface area contributed by atoms with Gasteiger partial charge in [-0.3, -0.25) is 24.0 Å². The maximum atomic E-state index is 13.5. The van der Waals surface area contributed by atoms with Crippen molar-refractivity contribution in [1.29, 1.82) is 0 Å². The van der Waals surface area contributed by atoms with Crippen molar-refractivity contribution in [3.63, 3.8) is 0 Å². The number of aliphatic hydroxyl groups is 1. The van der Waals surface area contributed by atoms with Crippen molar-refractivity contribution in [2.45, 2.75) is 173 Å². The number of imidazole rings is 1. The number of carboxylic acids is 1. The van der Waals surface area contributed by atoms with E-state index in [1.165, 1.54) is 108 Å². The summed E-state index contributed by atoms with van der Waals surface area (Å²) in [4.78, 5) is 101. The topological polar surface area (TPSA) is 320 Å². The van der Waals surface area contributed by atoms with Gasteiger partial charge in [0.05, 0.1) is 19.2 Å². The fourth-order valence-corrected chi connectivity index (χ4v) is 8.44. The number of cyclic esters (lactones) is 1. The van der Waals surface area contributed by atoms with E-state index >= 15 is 0 Å². The van der Waals surface area contributed by atoms with Crippen LogP contribution >= 0.6 is 7.67 Å². The number of rotatable bonds is 38. The largest absolute Gasteiger partial charge is 0.505 e. The third-order valence-corrected chi connectivity index (χ3v) is 13.5. The lowest BCUT2D eigenvalue weighted by Crippen LogP contribution is -2.55. The molecule has 1 aromatic rings. The number of carbonyl (C=O) groups is 7. The number of H-pyrrole nitrogens is 1. The number of hydrogen-bond acceptors (Lipinski definition) is 17. The van der Waals surface area contributed by atoms with Gasteiger partial charge in [-0.2, -0.15) is 0 Å². The number of esters is 3. The summed E-state index contributed by atoms with van der Waals surface area (Å²) in [5.74, 6) is -8.30. The van der Waals surface area contributed by atoms with Crippen LogP contribution in [0.5, 0.6) is 0 Å². The first-order chi connectivity index (χ1) is 32.8. The third kappa shape index (κ3) is 22.5. The van der Waals surface area contributed by atoms with Gasteiger partial charge in [-0.25, -0.2) is 28.5 Å². The van der Waals surface area contributed by atoms with Gasteiger partial charge in [0.1, 0.15) is 24.7 Å². The van der Waals surface area contributed by atoms with E-state index in [1.807, 2.05) is 0 Å². The molecule has 0 radical (unpaired) electrons. The molecule has 23 nitrogen and oxygen atoms in total. The van der Waals surface area contributed by atoms with Gasteiger partial charge < -0.3 is 55.1 Å².